The van der Waals surface area contributed by atoms with E-state index in [2.05, 4.69) is 27.4 Å². The summed E-state index contributed by atoms with van der Waals surface area (Å²) in [5.41, 5.74) is 2.03. The molecule has 1 heterocycles. The van der Waals surface area contributed by atoms with Crippen molar-refractivity contribution in [2.75, 3.05) is 0 Å². The Balaban J connectivity index is 1.99. The fourth-order valence-electron chi connectivity index (χ4n) is 5.74. The molecule has 6 unspecified atom stereocenters. The quantitative estimate of drug-likeness (QED) is 0.420. The number of carbonyl (C=O) groups is 2. The van der Waals surface area contributed by atoms with E-state index in [4.69, 9.17) is 9.47 Å². The van der Waals surface area contributed by atoms with Gasteiger partial charge in [0.05, 0.1) is 6.10 Å². The molecule has 3 aliphatic rings. The van der Waals surface area contributed by atoms with Gasteiger partial charge in [0.25, 0.3) is 0 Å². The number of esters is 1. The molecule has 6 atom stereocenters. The molecule has 4 heteroatoms. The highest BCUT2D eigenvalue weighted by molar-refractivity contribution is 5.74. The zero-order valence-corrected chi connectivity index (χ0v) is 16.5. The summed E-state index contributed by atoms with van der Waals surface area (Å²) in [7, 11) is 0. The number of hydrogen-bond donors (Lipinski definition) is 0. The lowest BCUT2D eigenvalue weighted by molar-refractivity contribution is -0.218. The van der Waals surface area contributed by atoms with Crippen molar-refractivity contribution < 1.29 is 19.1 Å². The minimum Gasteiger partial charge on any atom is -0.436 e. The minimum absolute atomic E-state index is 0.117. The Labute approximate surface area is 157 Å². The highest BCUT2D eigenvalue weighted by Crippen LogP contribution is 2.63. The molecular formula is C22H32O4. The van der Waals surface area contributed by atoms with Crippen LogP contribution in [0.15, 0.2) is 23.8 Å². The van der Waals surface area contributed by atoms with Gasteiger partial charge in [0.15, 0.2) is 0 Å². The molecule has 2 fully saturated rings. The van der Waals surface area contributed by atoms with Crippen LogP contribution in [0.5, 0.6) is 0 Å². The predicted molar refractivity (Wildman–Crippen MR) is 100 cm³/mol. The smallest absolute Gasteiger partial charge is 0.304 e. The number of fused-ring (bicyclic) bond motifs is 1. The van der Waals surface area contributed by atoms with Gasteiger partial charge in [0.2, 0.25) is 6.29 Å². The topological polar surface area (TPSA) is 52.6 Å². The summed E-state index contributed by atoms with van der Waals surface area (Å²) in [5.74, 6) is 0.528. The SMILES string of the molecule is C=C1CCCC2C1(C)CCC(C)C2(C)C1C=C(C=O)CC(OC(C)=O)O1. The van der Waals surface area contributed by atoms with Gasteiger partial charge in [-0.2, -0.15) is 0 Å². The van der Waals surface area contributed by atoms with Crippen molar-refractivity contribution in [3.8, 4) is 0 Å². The molecule has 0 saturated heterocycles. The largest absolute Gasteiger partial charge is 0.436 e. The van der Waals surface area contributed by atoms with E-state index < -0.39 is 6.29 Å². The minimum atomic E-state index is -0.674. The molecule has 0 spiro atoms. The Kier molecular flexibility index (Phi) is 5.17. The van der Waals surface area contributed by atoms with E-state index >= 15 is 0 Å². The molecule has 0 amide bonds. The lowest BCUT2D eigenvalue weighted by Crippen LogP contribution is -2.57. The van der Waals surface area contributed by atoms with Crippen LogP contribution in [0.2, 0.25) is 0 Å². The van der Waals surface area contributed by atoms with Crippen LogP contribution in [0.4, 0.5) is 0 Å². The molecule has 0 aromatic rings. The molecule has 26 heavy (non-hydrogen) atoms. The molecule has 2 saturated carbocycles. The normalized spacial score (nSPS) is 43.2. The van der Waals surface area contributed by atoms with E-state index in [1.54, 1.807) is 0 Å². The van der Waals surface area contributed by atoms with Crippen LogP contribution in [0.3, 0.4) is 0 Å². The van der Waals surface area contributed by atoms with Crippen molar-refractivity contribution in [1.82, 2.24) is 0 Å². The molecule has 144 valence electrons. The number of allylic oxidation sites excluding steroid dienone is 1. The van der Waals surface area contributed by atoms with E-state index in [0.29, 0.717) is 23.8 Å². The Bertz CT molecular complexity index is 636. The van der Waals surface area contributed by atoms with E-state index in [1.165, 1.54) is 12.5 Å². The molecule has 2 aliphatic carbocycles. The Hall–Kier alpha value is -1.42. The van der Waals surface area contributed by atoms with E-state index in [-0.39, 0.29) is 22.9 Å². The predicted octanol–water partition coefficient (Wildman–Crippen LogP) is 4.59. The van der Waals surface area contributed by atoms with Gasteiger partial charge in [-0.3, -0.25) is 9.59 Å². The number of aldehydes is 1. The van der Waals surface area contributed by atoms with Crippen LogP contribution in [0, 0.1) is 22.7 Å². The zero-order chi connectivity index (χ0) is 19.1. The van der Waals surface area contributed by atoms with Crippen molar-refractivity contribution in [1.29, 1.82) is 0 Å². The van der Waals surface area contributed by atoms with E-state index in [1.807, 2.05) is 6.08 Å². The third-order valence-electron chi connectivity index (χ3n) is 7.59. The van der Waals surface area contributed by atoms with Crippen LogP contribution < -0.4 is 0 Å². The highest BCUT2D eigenvalue weighted by atomic mass is 16.7. The maximum absolute atomic E-state index is 11.5. The second kappa shape index (κ2) is 6.95. The van der Waals surface area contributed by atoms with Crippen LogP contribution in [-0.4, -0.2) is 24.6 Å². The third-order valence-corrected chi connectivity index (χ3v) is 7.59. The summed E-state index contributed by atoms with van der Waals surface area (Å²) >= 11 is 0. The molecule has 0 aromatic heterocycles. The first-order chi connectivity index (χ1) is 12.2. The van der Waals surface area contributed by atoms with Crippen LogP contribution in [-0.2, 0) is 19.1 Å². The molecule has 0 N–H and O–H groups in total. The maximum atomic E-state index is 11.5. The van der Waals surface area contributed by atoms with E-state index in [0.717, 1.165) is 38.4 Å². The van der Waals surface area contributed by atoms with Gasteiger partial charge in [0, 0.05) is 18.8 Å². The molecule has 1 aliphatic heterocycles. The van der Waals surface area contributed by atoms with Gasteiger partial charge in [0.1, 0.15) is 6.29 Å². The Morgan fingerprint density at radius 1 is 1.38 bits per heavy atom. The van der Waals surface area contributed by atoms with Crippen molar-refractivity contribution in [3.05, 3.63) is 23.8 Å². The van der Waals surface area contributed by atoms with Crippen molar-refractivity contribution in [3.63, 3.8) is 0 Å². The Morgan fingerprint density at radius 3 is 2.77 bits per heavy atom. The molecule has 0 bridgehead atoms. The van der Waals surface area contributed by atoms with Gasteiger partial charge >= 0.3 is 5.97 Å². The van der Waals surface area contributed by atoms with Crippen LogP contribution in [0.1, 0.15) is 66.2 Å². The van der Waals surface area contributed by atoms with Gasteiger partial charge < -0.3 is 9.47 Å². The van der Waals surface area contributed by atoms with Crippen LogP contribution >= 0.6 is 0 Å². The number of hydrogen-bond acceptors (Lipinski definition) is 4. The molecular weight excluding hydrogens is 328 g/mol. The summed E-state index contributed by atoms with van der Waals surface area (Å²) in [5, 5.41) is 0. The summed E-state index contributed by atoms with van der Waals surface area (Å²) in [4.78, 5) is 23.0. The Morgan fingerprint density at radius 2 is 2.12 bits per heavy atom. The van der Waals surface area contributed by atoms with Gasteiger partial charge in [-0.05, 0) is 61.0 Å². The van der Waals surface area contributed by atoms with Crippen LogP contribution in [0.25, 0.3) is 0 Å². The monoisotopic (exact) mass is 360 g/mol. The second-order valence-corrected chi connectivity index (χ2v) is 8.93. The molecule has 4 nitrogen and oxygen atoms in total. The fraction of sp³-hybridized carbons (Fsp3) is 0.727. The van der Waals surface area contributed by atoms with Gasteiger partial charge in [-0.25, -0.2) is 0 Å². The average molecular weight is 360 g/mol. The summed E-state index contributed by atoms with van der Waals surface area (Å²) < 4.78 is 11.6. The average Bonchev–Trinajstić information content (AvgIpc) is 2.59. The first kappa shape index (κ1) is 19.3. The van der Waals surface area contributed by atoms with Gasteiger partial charge in [-0.15, -0.1) is 0 Å². The molecule has 0 aromatic carbocycles. The molecule has 0 radical (unpaired) electrons. The summed E-state index contributed by atoms with van der Waals surface area (Å²) in [6.07, 6.45) is 7.98. The number of ether oxygens (including phenoxy) is 2. The number of rotatable bonds is 3. The first-order valence-electron chi connectivity index (χ1n) is 9.88. The van der Waals surface area contributed by atoms with Crippen molar-refractivity contribution in [2.24, 2.45) is 22.7 Å². The standard InChI is InChI=1S/C22H32O4/c1-14-7-6-8-18-21(14,4)10-9-15(2)22(18,5)19-11-17(13-23)12-20(26-19)25-16(3)24/h11,13,15,18-20H,1,6-10,12H2,2-5H3. The first-order valence-corrected chi connectivity index (χ1v) is 9.88. The van der Waals surface area contributed by atoms with Gasteiger partial charge in [-0.1, -0.05) is 32.9 Å². The maximum Gasteiger partial charge on any atom is 0.304 e. The zero-order valence-electron chi connectivity index (χ0n) is 16.5. The summed E-state index contributed by atoms with van der Waals surface area (Å²) in [6, 6.07) is 0. The summed E-state index contributed by atoms with van der Waals surface area (Å²) in [6.45, 7) is 12.7. The molecule has 3 rings (SSSR count). The lowest BCUT2D eigenvalue weighted by Gasteiger charge is -2.60. The number of carbonyl (C=O) groups excluding carboxylic acids is 2. The fourth-order valence-corrected chi connectivity index (χ4v) is 5.74. The lowest BCUT2D eigenvalue weighted by atomic mass is 9.45. The van der Waals surface area contributed by atoms with Crippen molar-refractivity contribution >= 4 is 12.3 Å². The van der Waals surface area contributed by atoms with E-state index in [9.17, 15) is 9.59 Å². The highest BCUT2D eigenvalue weighted by Gasteiger charge is 2.57. The third kappa shape index (κ3) is 3.06. The second-order valence-electron chi connectivity index (χ2n) is 8.93. The van der Waals surface area contributed by atoms with Crippen molar-refractivity contribution in [2.45, 2.75) is 78.6 Å².